The molecule has 1 unspecified atom stereocenters. The summed E-state index contributed by atoms with van der Waals surface area (Å²) in [7, 11) is 4.67. The first-order valence-electron chi connectivity index (χ1n) is 10.6. The van der Waals surface area contributed by atoms with Crippen LogP contribution in [0.4, 0.5) is 11.5 Å². The zero-order valence-electron chi connectivity index (χ0n) is 19.0. The lowest BCUT2D eigenvalue weighted by Gasteiger charge is -2.13. The Morgan fingerprint density at radius 2 is 1.85 bits per heavy atom. The van der Waals surface area contributed by atoms with Crippen LogP contribution in [0.5, 0.6) is 17.2 Å². The number of fused-ring (bicyclic) bond motifs is 1. The van der Waals surface area contributed by atoms with Crippen LogP contribution in [0.2, 0.25) is 0 Å². The fourth-order valence-electron chi connectivity index (χ4n) is 3.93. The molecule has 9 heteroatoms. The van der Waals surface area contributed by atoms with E-state index in [-0.39, 0.29) is 18.2 Å². The predicted molar refractivity (Wildman–Crippen MR) is 124 cm³/mol. The van der Waals surface area contributed by atoms with Crippen LogP contribution in [0.15, 0.2) is 42.5 Å². The van der Waals surface area contributed by atoms with Crippen molar-refractivity contribution in [1.82, 2.24) is 9.78 Å². The van der Waals surface area contributed by atoms with Gasteiger partial charge in [-0.2, -0.15) is 5.10 Å². The second-order valence-electron chi connectivity index (χ2n) is 7.52. The molecule has 9 nitrogen and oxygen atoms in total. The van der Waals surface area contributed by atoms with E-state index >= 15 is 0 Å². The highest BCUT2D eigenvalue weighted by molar-refractivity contribution is 6.04. The third kappa shape index (κ3) is 4.21. The maximum atomic E-state index is 12.9. The summed E-state index contributed by atoms with van der Waals surface area (Å²) >= 11 is 0. The molecular weight excluding hydrogens is 424 g/mol. The monoisotopic (exact) mass is 450 g/mol. The highest BCUT2D eigenvalue weighted by Gasteiger charge is 2.37. The number of rotatable bonds is 8. The minimum absolute atomic E-state index is 0.0818. The molecule has 1 aliphatic heterocycles. The van der Waals surface area contributed by atoms with E-state index < -0.39 is 6.04 Å². The number of methoxy groups -OCH3 is 3. The van der Waals surface area contributed by atoms with Gasteiger partial charge in [0.05, 0.1) is 39.1 Å². The van der Waals surface area contributed by atoms with Crippen molar-refractivity contribution in [3.63, 3.8) is 0 Å². The smallest absolute Gasteiger partial charge is 0.251 e. The number of nitrogens with one attached hydrogen (secondary N) is 2. The zero-order chi connectivity index (χ0) is 23.5. The third-order valence-corrected chi connectivity index (χ3v) is 5.58. The number of carbonyl (C=O) groups is 2. The van der Waals surface area contributed by atoms with Crippen molar-refractivity contribution in [1.29, 1.82) is 0 Å². The number of benzene rings is 2. The van der Waals surface area contributed by atoms with Crippen molar-refractivity contribution in [2.75, 3.05) is 32.0 Å². The zero-order valence-corrected chi connectivity index (χ0v) is 19.0. The van der Waals surface area contributed by atoms with E-state index in [9.17, 15) is 9.59 Å². The largest absolute Gasteiger partial charge is 0.497 e. The minimum atomic E-state index is -0.763. The van der Waals surface area contributed by atoms with E-state index in [1.807, 2.05) is 31.2 Å². The van der Waals surface area contributed by atoms with E-state index in [0.717, 1.165) is 16.8 Å². The van der Waals surface area contributed by atoms with Gasteiger partial charge in [0.25, 0.3) is 5.91 Å². The van der Waals surface area contributed by atoms with Gasteiger partial charge in [0.15, 0.2) is 0 Å². The van der Waals surface area contributed by atoms with Crippen LogP contribution in [-0.4, -0.2) is 42.9 Å². The molecule has 1 atom stereocenters. The van der Waals surface area contributed by atoms with Crippen LogP contribution in [0.1, 0.15) is 25.1 Å². The second-order valence-corrected chi connectivity index (χ2v) is 7.52. The molecule has 1 aromatic heterocycles. The number of hydrogen-bond acceptors (Lipinski definition) is 6. The molecule has 0 radical (unpaired) electrons. The molecule has 2 amide bonds. The van der Waals surface area contributed by atoms with Crippen LogP contribution in [-0.2, 0) is 16.0 Å². The van der Waals surface area contributed by atoms with E-state index in [4.69, 9.17) is 14.2 Å². The molecule has 1 aliphatic rings. The van der Waals surface area contributed by atoms with Gasteiger partial charge in [-0.05, 0) is 36.2 Å². The Labute approximate surface area is 191 Å². The quantitative estimate of drug-likeness (QED) is 0.543. The van der Waals surface area contributed by atoms with E-state index in [1.54, 1.807) is 37.1 Å². The highest BCUT2D eigenvalue weighted by atomic mass is 16.5. The summed E-state index contributed by atoms with van der Waals surface area (Å²) in [6.45, 7) is 2.00. The number of carbonyl (C=O) groups excluding carboxylic acids is 2. The van der Waals surface area contributed by atoms with Gasteiger partial charge < -0.3 is 24.8 Å². The Morgan fingerprint density at radius 1 is 1.09 bits per heavy atom. The predicted octanol–water partition coefficient (Wildman–Crippen LogP) is 3.66. The summed E-state index contributed by atoms with van der Waals surface area (Å²) in [6, 6.07) is 11.9. The molecule has 2 N–H and O–H groups in total. The standard InChI is InChI=1S/C24H26N4O5/c1-5-17-22(14-7-6-8-15(11-14)31-2)23-26-24(30)19(28(23)27-17)13-21(29)25-18-12-16(32-3)9-10-20(18)33-4/h6-12,19H,5,13H2,1-4H3,(H,25,29)(H,26,30). The van der Waals surface area contributed by atoms with Crippen molar-refractivity contribution in [2.24, 2.45) is 0 Å². The topological polar surface area (TPSA) is 104 Å². The van der Waals surface area contributed by atoms with Crippen LogP contribution in [0.3, 0.4) is 0 Å². The van der Waals surface area contributed by atoms with Crippen LogP contribution >= 0.6 is 0 Å². The van der Waals surface area contributed by atoms with Crippen molar-refractivity contribution in [3.05, 3.63) is 48.2 Å². The normalized spacial score (nSPS) is 14.4. The minimum Gasteiger partial charge on any atom is -0.497 e. The number of amides is 2. The molecule has 0 spiro atoms. The maximum absolute atomic E-state index is 12.9. The fraction of sp³-hybridized carbons (Fsp3) is 0.292. The van der Waals surface area contributed by atoms with Crippen molar-refractivity contribution in [2.45, 2.75) is 25.8 Å². The molecular formula is C24H26N4O5. The lowest BCUT2D eigenvalue weighted by Crippen LogP contribution is -2.24. The SMILES string of the molecule is CCc1nn2c(c1-c1cccc(OC)c1)NC(=O)C2CC(=O)Nc1cc(OC)ccc1OC. The summed E-state index contributed by atoms with van der Waals surface area (Å²) in [5, 5.41) is 10.4. The Bertz CT molecular complexity index is 1200. The van der Waals surface area contributed by atoms with E-state index in [2.05, 4.69) is 15.7 Å². The average molecular weight is 450 g/mol. The maximum Gasteiger partial charge on any atom is 0.251 e. The molecule has 0 saturated carbocycles. The van der Waals surface area contributed by atoms with Crippen molar-refractivity contribution >= 4 is 23.3 Å². The van der Waals surface area contributed by atoms with Crippen molar-refractivity contribution < 1.29 is 23.8 Å². The molecule has 0 aliphatic carbocycles. The van der Waals surface area contributed by atoms with Crippen LogP contribution < -0.4 is 24.8 Å². The molecule has 0 bridgehead atoms. The summed E-state index contributed by atoms with van der Waals surface area (Å²) in [5.41, 5.74) is 3.02. The Morgan fingerprint density at radius 3 is 2.55 bits per heavy atom. The molecule has 172 valence electrons. The van der Waals surface area contributed by atoms with Gasteiger partial charge in [-0.3, -0.25) is 9.59 Å². The van der Waals surface area contributed by atoms with Gasteiger partial charge >= 0.3 is 0 Å². The number of ether oxygens (including phenoxy) is 3. The number of aromatic nitrogens is 2. The molecule has 3 aromatic rings. The molecule has 2 heterocycles. The second kappa shape index (κ2) is 9.23. The van der Waals surface area contributed by atoms with Crippen LogP contribution in [0.25, 0.3) is 11.1 Å². The lowest BCUT2D eigenvalue weighted by atomic mass is 10.0. The van der Waals surface area contributed by atoms with Crippen LogP contribution in [0, 0.1) is 0 Å². The summed E-state index contributed by atoms with van der Waals surface area (Å²) in [5.74, 6) is 1.75. The number of anilines is 2. The fourth-order valence-corrected chi connectivity index (χ4v) is 3.93. The summed E-state index contributed by atoms with van der Waals surface area (Å²) < 4.78 is 17.5. The molecule has 33 heavy (non-hydrogen) atoms. The van der Waals surface area contributed by atoms with Gasteiger partial charge in [0, 0.05) is 11.6 Å². The molecule has 0 saturated heterocycles. The first-order chi connectivity index (χ1) is 16.0. The lowest BCUT2D eigenvalue weighted by molar-refractivity contribution is -0.123. The van der Waals surface area contributed by atoms with Crippen molar-refractivity contribution in [3.8, 4) is 28.4 Å². The van der Waals surface area contributed by atoms with Gasteiger partial charge in [-0.15, -0.1) is 0 Å². The molecule has 0 fully saturated rings. The van der Waals surface area contributed by atoms with Gasteiger partial charge in [-0.25, -0.2) is 4.68 Å². The first kappa shape index (κ1) is 22.2. The Hall–Kier alpha value is -4.01. The number of nitrogens with zero attached hydrogens (tertiary/aromatic N) is 2. The number of aryl methyl sites for hydroxylation is 1. The third-order valence-electron chi connectivity index (χ3n) is 5.58. The van der Waals surface area contributed by atoms with E-state index in [1.165, 1.54) is 7.11 Å². The molecule has 2 aromatic carbocycles. The number of hydrogen-bond donors (Lipinski definition) is 2. The Balaban J connectivity index is 1.61. The Kier molecular flexibility index (Phi) is 6.21. The first-order valence-corrected chi connectivity index (χ1v) is 10.6. The van der Waals surface area contributed by atoms with E-state index in [0.29, 0.717) is 35.2 Å². The summed E-state index contributed by atoms with van der Waals surface area (Å²) in [4.78, 5) is 25.6. The average Bonchev–Trinajstić information content (AvgIpc) is 3.33. The molecule has 4 rings (SSSR count). The summed E-state index contributed by atoms with van der Waals surface area (Å²) in [6.07, 6.45) is 0.587. The highest BCUT2D eigenvalue weighted by Crippen LogP contribution is 2.40. The van der Waals surface area contributed by atoms with Gasteiger partial charge in [-0.1, -0.05) is 19.1 Å². The van der Waals surface area contributed by atoms with Gasteiger partial charge in [0.1, 0.15) is 29.1 Å². The van der Waals surface area contributed by atoms with Gasteiger partial charge in [0.2, 0.25) is 5.91 Å².